The average Bonchev–Trinajstić information content (AvgIpc) is 2.59. The molecule has 1 aromatic heterocycles. The summed E-state index contributed by atoms with van der Waals surface area (Å²) < 4.78 is 23.6. The molecule has 0 saturated carbocycles. The van der Waals surface area contributed by atoms with Crippen molar-refractivity contribution in [1.29, 1.82) is 5.26 Å². The molecule has 0 amide bonds. The van der Waals surface area contributed by atoms with Gasteiger partial charge in [0, 0.05) is 23.3 Å². The topological polar surface area (TPSA) is 75.8 Å². The number of aryl methyl sites for hydroxylation is 1. The fourth-order valence-corrected chi connectivity index (χ4v) is 1.86. The predicted octanol–water partition coefficient (Wildman–Crippen LogP) is 1.46. The lowest BCUT2D eigenvalue weighted by molar-refractivity contribution is 0.606. The standard InChI is InChI=1S/C8H10ClN3O2S/c1-3-7-11-8(15(9,13)14)5-12(7)6(2)4-10/h5-6H,3H2,1-2H3. The van der Waals surface area contributed by atoms with E-state index in [1.807, 2.05) is 13.0 Å². The molecule has 7 heteroatoms. The first-order valence-corrected chi connectivity index (χ1v) is 6.63. The van der Waals surface area contributed by atoms with E-state index in [1.54, 1.807) is 6.92 Å². The Balaban J connectivity index is 3.31. The van der Waals surface area contributed by atoms with E-state index in [9.17, 15) is 8.42 Å². The van der Waals surface area contributed by atoms with Crippen molar-refractivity contribution in [2.75, 3.05) is 0 Å². The summed E-state index contributed by atoms with van der Waals surface area (Å²) in [5.41, 5.74) is 0. The molecule has 0 aliphatic carbocycles. The molecule has 0 fully saturated rings. The molecule has 0 spiro atoms. The van der Waals surface area contributed by atoms with Gasteiger partial charge < -0.3 is 4.57 Å². The fourth-order valence-electron chi connectivity index (χ4n) is 1.18. The highest BCUT2D eigenvalue weighted by Crippen LogP contribution is 2.18. The average molecular weight is 248 g/mol. The molecule has 1 atom stereocenters. The molecule has 1 unspecified atom stereocenters. The lowest BCUT2D eigenvalue weighted by Gasteiger charge is -2.06. The van der Waals surface area contributed by atoms with Gasteiger partial charge in [-0.15, -0.1) is 0 Å². The summed E-state index contributed by atoms with van der Waals surface area (Å²) in [6, 6.07) is 1.55. The maximum atomic E-state index is 11.0. The third-order valence-corrected chi connectivity index (χ3v) is 3.13. The summed E-state index contributed by atoms with van der Waals surface area (Å²) in [5.74, 6) is 0.531. The van der Waals surface area contributed by atoms with Crippen LogP contribution < -0.4 is 0 Å². The molecule has 15 heavy (non-hydrogen) atoms. The first kappa shape index (κ1) is 12.0. The highest BCUT2D eigenvalue weighted by Gasteiger charge is 2.19. The number of nitrogens with zero attached hydrogens (tertiary/aromatic N) is 3. The van der Waals surface area contributed by atoms with E-state index < -0.39 is 15.1 Å². The van der Waals surface area contributed by atoms with Gasteiger partial charge in [0.2, 0.25) is 0 Å². The zero-order chi connectivity index (χ0) is 11.6. The Morgan fingerprint density at radius 3 is 2.73 bits per heavy atom. The quantitative estimate of drug-likeness (QED) is 0.758. The maximum Gasteiger partial charge on any atom is 0.280 e. The van der Waals surface area contributed by atoms with E-state index in [2.05, 4.69) is 4.98 Å². The molecule has 0 aliphatic rings. The summed E-state index contributed by atoms with van der Waals surface area (Å²) in [7, 11) is 1.34. The third-order valence-electron chi connectivity index (χ3n) is 1.96. The van der Waals surface area contributed by atoms with Crippen LogP contribution in [0.25, 0.3) is 0 Å². The van der Waals surface area contributed by atoms with E-state index in [1.165, 1.54) is 10.8 Å². The van der Waals surface area contributed by atoms with Gasteiger partial charge in [-0.3, -0.25) is 0 Å². The fraction of sp³-hybridized carbons (Fsp3) is 0.500. The molecule has 0 aliphatic heterocycles. The van der Waals surface area contributed by atoms with Crippen molar-refractivity contribution in [2.24, 2.45) is 0 Å². The number of nitriles is 1. The van der Waals surface area contributed by atoms with Crippen LogP contribution in [-0.2, 0) is 15.5 Å². The Bertz CT molecular complexity index is 500. The predicted molar refractivity (Wildman–Crippen MR) is 55.0 cm³/mol. The Kier molecular flexibility index (Phi) is 3.37. The Hall–Kier alpha value is -1.06. The summed E-state index contributed by atoms with van der Waals surface area (Å²) in [6.07, 6.45) is 1.83. The largest absolute Gasteiger partial charge is 0.317 e. The van der Waals surface area contributed by atoms with Gasteiger partial charge >= 0.3 is 0 Å². The van der Waals surface area contributed by atoms with Crippen LogP contribution in [0.3, 0.4) is 0 Å². The molecule has 1 aromatic rings. The van der Waals surface area contributed by atoms with Crippen molar-refractivity contribution >= 4 is 19.7 Å². The minimum atomic E-state index is -3.83. The number of hydrogen-bond donors (Lipinski definition) is 0. The van der Waals surface area contributed by atoms with E-state index >= 15 is 0 Å². The van der Waals surface area contributed by atoms with Gasteiger partial charge in [0.05, 0.1) is 6.07 Å². The summed E-state index contributed by atoms with van der Waals surface area (Å²) in [4.78, 5) is 3.86. The number of rotatable bonds is 3. The molecule has 0 N–H and O–H groups in total. The number of aromatic nitrogens is 2. The van der Waals surface area contributed by atoms with Gasteiger partial charge in [-0.1, -0.05) is 6.92 Å². The highest BCUT2D eigenvalue weighted by molar-refractivity contribution is 8.13. The van der Waals surface area contributed by atoms with Crippen molar-refractivity contribution in [3.8, 4) is 6.07 Å². The van der Waals surface area contributed by atoms with Crippen LogP contribution in [0.5, 0.6) is 0 Å². The van der Waals surface area contributed by atoms with Crippen LogP contribution >= 0.6 is 10.7 Å². The minimum absolute atomic E-state index is 0.205. The molecule has 0 aromatic carbocycles. The van der Waals surface area contributed by atoms with Gasteiger partial charge in [0.15, 0.2) is 5.03 Å². The zero-order valence-corrected chi connectivity index (χ0v) is 9.88. The smallest absolute Gasteiger partial charge is 0.280 e. The second kappa shape index (κ2) is 4.21. The Morgan fingerprint density at radius 1 is 1.73 bits per heavy atom. The SMILES string of the molecule is CCc1nc(S(=O)(=O)Cl)cn1C(C)C#N. The molecule has 5 nitrogen and oxygen atoms in total. The van der Waals surface area contributed by atoms with Gasteiger partial charge in [-0.05, 0) is 6.92 Å². The maximum absolute atomic E-state index is 11.0. The lowest BCUT2D eigenvalue weighted by atomic mass is 10.3. The van der Waals surface area contributed by atoms with Crippen LogP contribution in [0, 0.1) is 11.3 Å². The van der Waals surface area contributed by atoms with E-state index in [-0.39, 0.29) is 5.03 Å². The van der Waals surface area contributed by atoms with E-state index in [0.29, 0.717) is 12.2 Å². The lowest BCUT2D eigenvalue weighted by Crippen LogP contribution is -2.05. The van der Waals surface area contributed by atoms with Crippen molar-refractivity contribution in [3.63, 3.8) is 0 Å². The molecular weight excluding hydrogens is 238 g/mol. The van der Waals surface area contributed by atoms with E-state index in [4.69, 9.17) is 15.9 Å². The van der Waals surface area contributed by atoms with Crippen molar-refractivity contribution < 1.29 is 8.42 Å². The van der Waals surface area contributed by atoms with Gasteiger partial charge in [-0.2, -0.15) is 5.26 Å². The van der Waals surface area contributed by atoms with Crippen molar-refractivity contribution in [1.82, 2.24) is 9.55 Å². The Morgan fingerprint density at radius 2 is 2.33 bits per heavy atom. The Labute approximate surface area is 92.7 Å². The van der Waals surface area contributed by atoms with Gasteiger partial charge in [-0.25, -0.2) is 13.4 Å². The van der Waals surface area contributed by atoms with Crippen molar-refractivity contribution in [3.05, 3.63) is 12.0 Å². The van der Waals surface area contributed by atoms with E-state index in [0.717, 1.165) is 0 Å². The zero-order valence-electron chi connectivity index (χ0n) is 8.31. The first-order valence-electron chi connectivity index (χ1n) is 4.32. The molecule has 0 bridgehead atoms. The molecule has 82 valence electrons. The number of imidazole rings is 1. The number of hydrogen-bond acceptors (Lipinski definition) is 4. The summed E-state index contributed by atoms with van der Waals surface area (Å²) in [5, 5.41) is 8.53. The van der Waals surface area contributed by atoms with Gasteiger partial charge in [0.1, 0.15) is 11.9 Å². The second-order valence-corrected chi connectivity index (χ2v) is 5.51. The van der Waals surface area contributed by atoms with Crippen LogP contribution in [0.4, 0.5) is 0 Å². The van der Waals surface area contributed by atoms with Crippen LogP contribution in [-0.4, -0.2) is 18.0 Å². The van der Waals surface area contributed by atoms with Crippen LogP contribution in [0.15, 0.2) is 11.2 Å². The first-order chi connectivity index (χ1) is 6.90. The molecular formula is C8H10ClN3O2S. The molecule has 1 heterocycles. The molecule has 0 radical (unpaired) electrons. The second-order valence-electron chi connectivity index (χ2n) is 3.00. The van der Waals surface area contributed by atoms with Crippen molar-refractivity contribution in [2.45, 2.75) is 31.3 Å². The minimum Gasteiger partial charge on any atom is -0.317 e. The normalized spacial score (nSPS) is 13.5. The molecule has 0 saturated heterocycles. The van der Waals surface area contributed by atoms with Crippen LogP contribution in [0.2, 0.25) is 0 Å². The van der Waals surface area contributed by atoms with Gasteiger partial charge in [0.25, 0.3) is 9.05 Å². The van der Waals surface area contributed by atoms with Crippen LogP contribution in [0.1, 0.15) is 25.7 Å². The highest BCUT2D eigenvalue weighted by atomic mass is 35.7. The monoisotopic (exact) mass is 247 g/mol. The summed E-state index contributed by atoms with van der Waals surface area (Å²) in [6.45, 7) is 3.49. The third kappa shape index (κ3) is 2.49. The molecule has 1 rings (SSSR count). The number of halogens is 1. The summed E-state index contributed by atoms with van der Waals surface area (Å²) >= 11 is 0.